The Bertz CT molecular complexity index is 633. The van der Waals surface area contributed by atoms with E-state index in [0.717, 1.165) is 10.7 Å². The van der Waals surface area contributed by atoms with E-state index >= 15 is 0 Å². The second-order valence-corrected chi connectivity index (χ2v) is 5.26. The van der Waals surface area contributed by atoms with Crippen molar-refractivity contribution in [1.29, 1.82) is 0 Å². The van der Waals surface area contributed by atoms with E-state index in [2.05, 4.69) is 9.97 Å². The summed E-state index contributed by atoms with van der Waals surface area (Å²) in [6.07, 6.45) is 5.19. The highest BCUT2D eigenvalue weighted by Crippen LogP contribution is 2.19. The van der Waals surface area contributed by atoms with Crippen molar-refractivity contribution in [2.75, 3.05) is 0 Å². The molecule has 18 heavy (non-hydrogen) atoms. The summed E-state index contributed by atoms with van der Waals surface area (Å²) in [6, 6.07) is 3.45. The maximum Gasteiger partial charge on any atom is 0.193 e. The number of aliphatic hydroxyl groups is 1. The first-order valence-corrected chi connectivity index (χ1v) is 6.69. The third kappa shape index (κ3) is 2.25. The number of aromatic nitrogens is 3. The number of halogens is 1. The van der Waals surface area contributed by atoms with Crippen LogP contribution in [0, 0.1) is 0 Å². The van der Waals surface area contributed by atoms with Crippen molar-refractivity contribution in [3.8, 4) is 0 Å². The highest BCUT2D eigenvalue weighted by Gasteiger charge is 2.12. The molecule has 3 aromatic rings. The molecule has 0 saturated heterocycles. The van der Waals surface area contributed by atoms with Crippen LogP contribution in [0.25, 0.3) is 4.96 Å². The minimum absolute atomic E-state index is 0.447. The number of hydrogen-bond acceptors (Lipinski definition) is 4. The predicted molar refractivity (Wildman–Crippen MR) is 71.0 cm³/mol. The van der Waals surface area contributed by atoms with Gasteiger partial charge in [0.05, 0.1) is 16.4 Å². The molecule has 0 aliphatic rings. The van der Waals surface area contributed by atoms with E-state index in [-0.39, 0.29) is 0 Å². The number of hydrogen-bond donors (Lipinski definition) is 1. The quantitative estimate of drug-likeness (QED) is 0.802. The van der Waals surface area contributed by atoms with Gasteiger partial charge in [0.15, 0.2) is 4.96 Å². The van der Waals surface area contributed by atoms with Crippen LogP contribution in [0.4, 0.5) is 0 Å². The Balaban J connectivity index is 1.79. The smallest absolute Gasteiger partial charge is 0.193 e. The van der Waals surface area contributed by atoms with Crippen molar-refractivity contribution >= 4 is 27.9 Å². The van der Waals surface area contributed by atoms with Gasteiger partial charge in [-0.2, -0.15) is 0 Å². The maximum atomic E-state index is 10.1. The molecule has 0 aliphatic carbocycles. The third-order valence-corrected chi connectivity index (χ3v) is 3.63. The molecule has 0 aliphatic heterocycles. The van der Waals surface area contributed by atoms with Gasteiger partial charge in [0, 0.05) is 30.4 Å². The average Bonchev–Trinajstić information content (AvgIpc) is 2.90. The Kier molecular flexibility index (Phi) is 3.03. The lowest BCUT2D eigenvalue weighted by molar-refractivity contribution is 0.172. The molecule has 0 spiro atoms. The number of imidazole rings is 1. The topological polar surface area (TPSA) is 50.4 Å². The molecule has 3 heterocycles. The second kappa shape index (κ2) is 4.68. The molecule has 0 saturated carbocycles. The summed E-state index contributed by atoms with van der Waals surface area (Å²) in [5.74, 6) is 0. The summed E-state index contributed by atoms with van der Waals surface area (Å²) in [5.41, 5.74) is 1.46. The normalized spacial score (nSPS) is 13.0. The van der Waals surface area contributed by atoms with Gasteiger partial charge in [-0.15, -0.1) is 11.3 Å². The summed E-state index contributed by atoms with van der Waals surface area (Å²) in [4.78, 5) is 9.46. The zero-order valence-electron chi connectivity index (χ0n) is 9.32. The highest BCUT2D eigenvalue weighted by atomic mass is 35.5. The summed E-state index contributed by atoms with van der Waals surface area (Å²) >= 11 is 7.33. The molecule has 1 N–H and O–H groups in total. The van der Waals surface area contributed by atoms with Crippen LogP contribution in [0.1, 0.15) is 17.5 Å². The lowest BCUT2D eigenvalue weighted by Crippen LogP contribution is -2.04. The minimum Gasteiger partial charge on any atom is -0.386 e. The largest absolute Gasteiger partial charge is 0.386 e. The lowest BCUT2D eigenvalue weighted by atomic mass is 10.1. The fourth-order valence-corrected chi connectivity index (χ4v) is 2.59. The van der Waals surface area contributed by atoms with E-state index in [9.17, 15) is 5.11 Å². The van der Waals surface area contributed by atoms with Crippen molar-refractivity contribution in [2.45, 2.75) is 12.5 Å². The van der Waals surface area contributed by atoms with Gasteiger partial charge in [-0.25, -0.2) is 4.98 Å². The molecule has 0 bridgehead atoms. The number of aliphatic hydroxyl groups excluding tert-OH is 1. The number of rotatable bonds is 3. The van der Waals surface area contributed by atoms with Gasteiger partial charge in [-0.3, -0.25) is 9.38 Å². The zero-order valence-corrected chi connectivity index (χ0v) is 10.9. The zero-order chi connectivity index (χ0) is 12.5. The number of nitrogens with zero attached hydrogens (tertiary/aromatic N) is 3. The first kappa shape index (κ1) is 11.6. The maximum absolute atomic E-state index is 10.1. The van der Waals surface area contributed by atoms with Gasteiger partial charge in [0.1, 0.15) is 6.10 Å². The standard InChI is InChI=1S/C12H10ClN3OS/c13-8-1-2-10(14-6-8)11(17)5-9-7-16-3-4-18-12(16)15-9/h1-4,6-7,11,17H,5H2. The van der Waals surface area contributed by atoms with Crippen LogP contribution in [0.5, 0.6) is 0 Å². The van der Waals surface area contributed by atoms with Gasteiger partial charge in [-0.1, -0.05) is 11.6 Å². The van der Waals surface area contributed by atoms with Crippen LogP contribution in [0.15, 0.2) is 36.1 Å². The molecular formula is C12H10ClN3OS. The first-order valence-electron chi connectivity index (χ1n) is 5.43. The van der Waals surface area contributed by atoms with Crippen LogP contribution < -0.4 is 0 Å². The average molecular weight is 280 g/mol. The van der Waals surface area contributed by atoms with Crippen LogP contribution in [0.3, 0.4) is 0 Å². The van der Waals surface area contributed by atoms with Gasteiger partial charge in [-0.05, 0) is 12.1 Å². The molecule has 3 rings (SSSR count). The molecule has 3 aromatic heterocycles. The van der Waals surface area contributed by atoms with Crippen LogP contribution in [-0.2, 0) is 6.42 Å². The molecule has 4 nitrogen and oxygen atoms in total. The minimum atomic E-state index is -0.660. The van der Waals surface area contributed by atoms with Crippen molar-refractivity contribution < 1.29 is 5.11 Å². The Labute approximate surface area is 113 Å². The highest BCUT2D eigenvalue weighted by molar-refractivity contribution is 7.15. The van der Waals surface area contributed by atoms with Crippen molar-refractivity contribution in [2.24, 2.45) is 0 Å². The van der Waals surface area contributed by atoms with Gasteiger partial charge < -0.3 is 5.11 Å². The summed E-state index contributed by atoms with van der Waals surface area (Å²) < 4.78 is 1.95. The van der Waals surface area contributed by atoms with E-state index in [1.165, 1.54) is 6.20 Å². The summed E-state index contributed by atoms with van der Waals surface area (Å²) in [6.45, 7) is 0. The molecule has 0 fully saturated rings. The fourth-order valence-electron chi connectivity index (χ4n) is 1.76. The lowest BCUT2D eigenvalue weighted by Gasteiger charge is -2.07. The summed E-state index contributed by atoms with van der Waals surface area (Å²) in [5, 5.41) is 12.6. The number of fused-ring (bicyclic) bond motifs is 1. The first-order chi connectivity index (χ1) is 8.72. The predicted octanol–water partition coefficient (Wildman–Crippen LogP) is 2.72. The Morgan fingerprint density at radius 2 is 2.33 bits per heavy atom. The number of pyridine rings is 1. The molecule has 92 valence electrons. The molecule has 0 aromatic carbocycles. The van der Waals surface area contributed by atoms with E-state index in [1.807, 2.05) is 22.2 Å². The van der Waals surface area contributed by atoms with Crippen molar-refractivity contribution in [1.82, 2.24) is 14.4 Å². The van der Waals surface area contributed by atoms with Gasteiger partial charge in [0.2, 0.25) is 0 Å². The SMILES string of the molecule is OC(Cc1cn2ccsc2n1)c1ccc(Cl)cn1. The summed E-state index contributed by atoms with van der Waals surface area (Å²) in [7, 11) is 0. The van der Waals surface area contributed by atoms with E-state index in [1.54, 1.807) is 23.5 Å². The van der Waals surface area contributed by atoms with E-state index < -0.39 is 6.10 Å². The third-order valence-electron chi connectivity index (χ3n) is 2.64. The second-order valence-electron chi connectivity index (χ2n) is 3.95. The molecular weight excluding hydrogens is 270 g/mol. The Morgan fingerprint density at radius 3 is 3.06 bits per heavy atom. The van der Waals surface area contributed by atoms with Crippen LogP contribution >= 0.6 is 22.9 Å². The molecule has 0 radical (unpaired) electrons. The van der Waals surface area contributed by atoms with Crippen molar-refractivity contribution in [3.63, 3.8) is 0 Å². The van der Waals surface area contributed by atoms with Gasteiger partial charge in [0.25, 0.3) is 0 Å². The van der Waals surface area contributed by atoms with Crippen molar-refractivity contribution in [3.05, 3.63) is 52.5 Å². The molecule has 6 heteroatoms. The van der Waals surface area contributed by atoms with Crippen LogP contribution in [0.2, 0.25) is 5.02 Å². The monoisotopic (exact) mass is 279 g/mol. The van der Waals surface area contributed by atoms with Crippen LogP contribution in [-0.4, -0.2) is 19.5 Å². The van der Waals surface area contributed by atoms with E-state index in [4.69, 9.17) is 11.6 Å². The molecule has 1 atom stereocenters. The van der Waals surface area contributed by atoms with Gasteiger partial charge >= 0.3 is 0 Å². The Morgan fingerprint density at radius 1 is 1.44 bits per heavy atom. The fraction of sp³-hybridized carbons (Fsp3) is 0.167. The molecule has 1 unspecified atom stereocenters. The molecule has 0 amide bonds. The van der Waals surface area contributed by atoms with E-state index in [0.29, 0.717) is 17.1 Å². The Hall–Kier alpha value is -1.43. The number of thiazole rings is 1.